The maximum Gasteiger partial charge on any atom is 0.0735 e. The molecule has 0 amide bonds. The van der Waals surface area contributed by atoms with Crippen molar-refractivity contribution in [3.8, 4) is 0 Å². The van der Waals surface area contributed by atoms with Crippen molar-refractivity contribution in [1.82, 2.24) is 5.48 Å². The summed E-state index contributed by atoms with van der Waals surface area (Å²) in [7, 11) is 0. The number of aliphatic hydroxyl groups is 2. The standard InChI is InChI=1S/C20H35NO3/c1-18-8-6-15(22)11-13(18)3-4-17-16(18)7-9-19(2)14(12-21-24)5-10-20(17,19)23/h13-17,21-24H,3-12H2,1-2H3/t13?,14?,15?,16-,17-,18+,19-,20-/m1/s1. The van der Waals surface area contributed by atoms with Crippen molar-refractivity contribution in [3.63, 3.8) is 0 Å². The number of hydrogen-bond donors (Lipinski definition) is 4. The van der Waals surface area contributed by atoms with Crippen LogP contribution < -0.4 is 5.48 Å². The van der Waals surface area contributed by atoms with E-state index in [-0.39, 0.29) is 11.5 Å². The first-order valence-corrected chi connectivity index (χ1v) is 10.1. The van der Waals surface area contributed by atoms with Gasteiger partial charge in [0.15, 0.2) is 0 Å². The molecule has 0 aromatic heterocycles. The number of aliphatic hydroxyl groups excluding tert-OH is 1. The smallest absolute Gasteiger partial charge is 0.0735 e. The second kappa shape index (κ2) is 5.67. The molecular formula is C20H35NO3. The Balaban J connectivity index is 1.64. The Kier molecular flexibility index (Phi) is 4.08. The van der Waals surface area contributed by atoms with Crippen LogP contribution in [-0.2, 0) is 0 Å². The molecule has 0 aliphatic heterocycles. The van der Waals surface area contributed by atoms with Crippen molar-refractivity contribution in [2.45, 2.75) is 83.3 Å². The second-order valence-electron chi connectivity index (χ2n) is 9.90. The summed E-state index contributed by atoms with van der Waals surface area (Å²) >= 11 is 0. The molecule has 0 aromatic rings. The van der Waals surface area contributed by atoms with E-state index in [0.717, 1.165) is 51.4 Å². The molecule has 0 heterocycles. The van der Waals surface area contributed by atoms with Crippen molar-refractivity contribution in [1.29, 1.82) is 0 Å². The highest BCUT2D eigenvalue weighted by molar-refractivity contribution is 5.16. The van der Waals surface area contributed by atoms with Gasteiger partial charge in [-0.3, -0.25) is 0 Å². The molecule has 0 saturated heterocycles. The summed E-state index contributed by atoms with van der Waals surface area (Å²) in [6.45, 7) is 5.33. The Morgan fingerprint density at radius 1 is 0.958 bits per heavy atom. The molecule has 4 heteroatoms. The summed E-state index contributed by atoms with van der Waals surface area (Å²) in [6, 6.07) is 0. The van der Waals surface area contributed by atoms with Crippen LogP contribution in [-0.4, -0.2) is 33.7 Å². The lowest BCUT2D eigenvalue weighted by Crippen LogP contribution is -2.62. The van der Waals surface area contributed by atoms with Gasteiger partial charge >= 0.3 is 0 Å². The van der Waals surface area contributed by atoms with Crippen LogP contribution in [0.25, 0.3) is 0 Å². The Labute approximate surface area is 146 Å². The number of rotatable bonds is 2. The third-order valence-corrected chi connectivity index (χ3v) is 9.35. The highest BCUT2D eigenvalue weighted by Gasteiger charge is 2.66. The van der Waals surface area contributed by atoms with Gasteiger partial charge in [-0.05, 0) is 86.9 Å². The van der Waals surface area contributed by atoms with Gasteiger partial charge in [0.25, 0.3) is 0 Å². The van der Waals surface area contributed by atoms with Crippen molar-refractivity contribution < 1.29 is 15.4 Å². The Bertz CT molecular complexity index is 499. The van der Waals surface area contributed by atoms with Crippen molar-refractivity contribution in [2.75, 3.05) is 6.54 Å². The van der Waals surface area contributed by atoms with Crippen molar-refractivity contribution >= 4 is 0 Å². The predicted molar refractivity (Wildman–Crippen MR) is 92.5 cm³/mol. The largest absolute Gasteiger partial charge is 0.393 e. The lowest BCUT2D eigenvalue weighted by Gasteiger charge is -2.63. The van der Waals surface area contributed by atoms with Crippen molar-refractivity contribution in [3.05, 3.63) is 0 Å². The highest BCUT2D eigenvalue weighted by Crippen LogP contribution is 2.68. The van der Waals surface area contributed by atoms with Gasteiger partial charge in [0.1, 0.15) is 0 Å². The lowest BCUT2D eigenvalue weighted by atomic mass is 9.43. The van der Waals surface area contributed by atoms with Gasteiger partial charge in [-0.25, -0.2) is 5.48 Å². The summed E-state index contributed by atoms with van der Waals surface area (Å²) in [5.74, 6) is 2.00. The fraction of sp³-hybridized carbons (Fsp3) is 1.00. The molecule has 4 aliphatic rings. The average molecular weight is 338 g/mol. The van der Waals surface area contributed by atoms with Gasteiger partial charge in [0.05, 0.1) is 11.7 Å². The van der Waals surface area contributed by atoms with E-state index in [2.05, 4.69) is 19.3 Å². The average Bonchev–Trinajstić information content (AvgIpc) is 2.81. The third-order valence-electron chi connectivity index (χ3n) is 9.35. The van der Waals surface area contributed by atoms with Gasteiger partial charge in [0.2, 0.25) is 0 Å². The Hall–Kier alpha value is -0.160. The maximum absolute atomic E-state index is 11.9. The fourth-order valence-corrected chi connectivity index (χ4v) is 7.75. The van der Waals surface area contributed by atoms with E-state index in [0.29, 0.717) is 35.6 Å². The van der Waals surface area contributed by atoms with E-state index in [9.17, 15) is 15.4 Å². The van der Waals surface area contributed by atoms with Crippen molar-refractivity contribution in [2.24, 2.45) is 34.5 Å². The summed E-state index contributed by atoms with van der Waals surface area (Å²) < 4.78 is 0. The zero-order chi connectivity index (χ0) is 17.2. The number of nitrogens with one attached hydrogen (secondary N) is 1. The molecule has 4 nitrogen and oxygen atoms in total. The first-order chi connectivity index (χ1) is 11.3. The molecule has 24 heavy (non-hydrogen) atoms. The van der Waals surface area contributed by atoms with Crippen LogP contribution in [0.1, 0.15) is 71.6 Å². The molecule has 0 aromatic carbocycles. The van der Waals surface area contributed by atoms with Gasteiger partial charge in [-0.2, -0.15) is 0 Å². The lowest BCUT2D eigenvalue weighted by molar-refractivity contribution is -0.210. The summed E-state index contributed by atoms with van der Waals surface area (Å²) in [4.78, 5) is 0. The summed E-state index contributed by atoms with van der Waals surface area (Å²) in [6.07, 6.45) is 9.37. The molecule has 0 spiro atoms. The number of fused-ring (bicyclic) bond motifs is 5. The van der Waals surface area contributed by atoms with E-state index in [4.69, 9.17) is 0 Å². The van der Waals surface area contributed by atoms with Crippen LogP contribution >= 0.6 is 0 Å². The second-order valence-corrected chi connectivity index (χ2v) is 9.90. The minimum Gasteiger partial charge on any atom is -0.393 e. The maximum atomic E-state index is 11.9. The third kappa shape index (κ3) is 2.12. The van der Waals surface area contributed by atoms with Crippen LogP contribution in [0.15, 0.2) is 0 Å². The fourth-order valence-electron chi connectivity index (χ4n) is 7.75. The van der Waals surface area contributed by atoms with E-state index >= 15 is 0 Å². The monoisotopic (exact) mass is 337 g/mol. The first kappa shape index (κ1) is 17.3. The Morgan fingerprint density at radius 2 is 1.75 bits per heavy atom. The summed E-state index contributed by atoms with van der Waals surface area (Å²) in [5, 5.41) is 31.2. The first-order valence-electron chi connectivity index (χ1n) is 10.1. The normalized spacial score (nSPS) is 57.1. The molecule has 4 saturated carbocycles. The molecule has 4 fully saturated rings. The van der Waals surface area contributed by atoms with Crippen LogP contribution in [0.4, 0.5) is 0 Å². The Morgan fingerprint density at radius 3 is 2.50 bits per heavy atom. The molecule has 8 atom stereocenters. The van der Waals surface area contributed by atoms with Crippen LogP contribution in [0, 0.1) is 34.5 Å². The number of hydroxylamine groups is 1. The number of hydrogen-bond acceptors (Lipinski definition) is 4. The minimum atomic E-state index is -0.568. The molecule has 4 rings (SSSR count). The van der Waals surface area contributed by atoms with E-state index in [1.165, 1.54) is 6.42 Å². The predicted octanol–water partition coefficient (Wildman–Crippen LogP) is 3.10. The SMILES string of the molecule is C[C@]12CCC(O)CC1CC[C@@H]1[C@H]2CC[C@]2(C)C(CNO)CC[C@@]12O. The molecule has 0 bridgehead atoms. The topological polar surface area (TPSA) is 72.7 Å². The van der Waals surface area contributed by atoms with Crippen LogP contribution in [0.5, 0.6) is 0 Å². The van der Waals surface area contributed by atoms with Crippen LogP contribution in [0.2, 0.25) is 0 Å². The highest BCUT2D eigenvalue weighted by atomic mass is 16.5. The van der Waals surface area contributed by atoms with E-state index in [1.807, 2.05) is 0 Å². The molecule has 4 aliphatic carbocycles. The zero-order valence-electron chi connectivity index (χ0n) is 15.3. The minimum absolute atomic E-state index is 0.0682. The quantitative estimate of drug-likeness (QED) is 0.584. The van der Waals surface area contributed by atoms with Crippen LogP contribution in [0.3, 0.4) is 0 Å². The molecule has 138 valence electrons. The van der Waals surface area contributed by atoms with Gasteiger partial charge in [-0.15, -0.1) is 0 Å². The van der Waals surface area contributed by atoms with E-state index in [1.54, 1.807) is 0 Å². The van der Waals surface area contributed by atoms with Gasteiger partial charge in [0, 0.05) is 12.0 Å². The molecular weight excluding hydrogens is 302 g/mol. The zero-order valence-corrected chi connectivity index (χ0v) is 15.3. The molecule has 0 radical (unpaired) electrons. The summed E-state index contributed by atoms with van der Waals surface area (Å²) in [5.41, 5.74) is 2.04. The molecule has 4 N–H and O–H groups in total. The van der Waals surface area contributed by atoms with Gasteiger partial charge < -0.3 is 15.4 Å². The van der Waals surface area contributed by atoms with E-state index < -0.39 is 5.60 Å². The molecule has 3 unspecified atom stereocenters. The van der Waals surface area contributed by atoms with Gasteiger partial charge in [-0.1, -0.05) is 13.8 Å².